The zero-order valence-corrected chi connectivity index (χ0v) is 18.4. The van der Waals surface area contributed by atoms with E-state index in [9.17, 15) is 9.59 Å². The Balaban J connectivity index is 1.66. The molecule has 2 amide bonds. The number of likely N-dealkylation sites (tertiary alicyclic amines) is 1. The zero-order valence-electron chi connectivity index (χ0n) is 18.4. The molecule has 0 radical (unpaired) electrons. The second kappa shape index (κ2) is 8.54. The minimum Gasteiger partial charge on any atom is -0.346 e. The van der Waals surface area contributed by atoms with Crippen LogP contribution < -0.4 is 5.32 Å². The fourth-order valence-corrected chi connectivity index (χ4v) is 4.30. The lowest BCUT2D eigenvalue weighted by molar-refractivity contribution is -0.129. The molecule has 7 nitrogen and oxygen atoms in total. The van der Waals surface area contributed by atoms with Gasteiger partial charge in [-0.05, 0) is 51.2 Å². The number of nitrogens with one attached hydrogen (secondary N) is 1. The van der Waals surface area contributed by atoms with Gasteiger partial charge in [-0.2, -0.15) is 10.4 Å². The van der Waals surface area contributed by atoms with E-state index < -0.39 is 0 Å². The molecule has 2 aliphatic rings. The van der Waals surface area contributed by atoms with Crippen molar-refractivity contribution in [3.63, 3.8) is 0 Å². The number of nitriles is 1. The minimum atomic E-state index is -0.112. The Morgan fingerprint density at radius 1 is 1.23 bits per heavy atom. The van der Waals surface area contributed by atoms with Crippen molar-refractivity contribution in [3.8, 4) is 17.3 Å². The number of nitrogens with zero attached hydrogens (tertiary/aromatic N) is 4. The average molecular weight is 420 g/mol. The van der Waals surface area contributed by atoms with Crippen LogP contribution in [-0.2, 0) is 4.79 Å². The largest absolute Gasteiger partial charge is 0.346 e. The molecule has 1 saturated carbocycles. The van der Waals surface area contributed by atoms with Gasteiger partial charge in [0.05, 0.1) is 17.3 Å². The molecular formula is C24H29N5O2. The molecule has 4 rings (SSSR count). The number of benzene rings is 1. The third-order valence-corrected chi connectivity index (χ3v) is 6.10. The van der Waals surface area contributed by atoms with Crippen molar-refractivity contribution in [3.05, 3.63) is 41.1 Å². The first-order valence-electron chi connectivity index (χ1n) is 11.1. The molecule has 1 saturated heterocycles. The second-order valence-corrected chi connectivity index (χ2v) is 8.77. The highest BCUT2D eigenvalue weighted by Gasteiger charge is 2.37. The molecule has 1 atom stereocenters. The fourth-order valence-electron chi connectivity index (χ4n) is 4.30. The van der Waals surface area contributed by atoms with Gasteiger partial charge in [-0.3, -0.25) is 14.3 Å². The van der Waals surface area contributed by atoms with Crippen LogP contribution in [-0.4, -0.2) is 45.6 Å². The molecule has 2 heterocycles. The van der Waals surface area contributed by atoms with Crippen LogP contribution in [0.15, 0.2) is 24.3 Å². The van der Waals surface area contributed by atoms with Gasteiger partial charge in [-0.25, -0.2) is 0 Å². The molecular weight excluding hydrogens is 390 g/mol. The van der Waals surface area contributed by atoms with Crippen LogP contribution in [0.25, 0.3) is 11.3 Å². The number of hydrogen-bond acceptors (Lipinski definition) is 4. The molecule has 2 aromatic rings. The zero-order chi connectivity index (χ0) is 22.1. The molecule has 1 aliphatic carbocycles. The predicted molar refractivity (Wildman–Crippen MR) is 117 cm³/mol. The van der Waals surface area contributed by atoms with Crippen molar-refractivity contribution in [2.24, 2.45) is 0 Å². The Hall–Kier alpha value is -3.14. The lowest BCUT2D eigenvalue weighted by Crippen LogP contribution is -2.39. The topological polar surface area (TPSA) is 91.0 Å². The summed E-state index contributed by atoms with van der Waals surface area (Å²) in [4.78, 5) is 27.3. The summed E-state index contributed by atoms with van der Waals surface area (Å²) in [7, 11) is 0. The summed E-state index contributed by atoms with van der Waals surface area (Å²) in [6, 6.07) is 9.54. The Kier molecular flexibility index (Phi) is 5.81. The van der Waals surface area contributed by atoms with Gasteiger partial charge in [0.2, 0.25) is 5.91 Å². The molecule has 162 valence electrons. The maximum atomic E-state index is 13.5. The molecule has 1 aromatic heterocycles. The third kappa shape index (κ3) is 4.20. The smallest absolute Gasteiger partial charge is 0.270 e. The molecule has 0 unspecified atom stereocenters. The highest BCUT2D eigenvalue weighted by Crippen LogP contribution is 2.46. The van der Waals surface area contributed by atoms with Gasteiger partial charge in [0.25, 0.3) is 5.91 Å². The fraction of sp³-hybridized carbons (Fsp3) is 0.500. The van der Waals surface area contributed by atoms with Gasteiger partial charge in [-0.1, -0.05) is 19.1 Å². The summed E-state index contributed by atoms with van der Waals surface area (Å²) in [5.74, 6) is 0.352. The Morgan fingerprint density at radius 2 is 1.94 bits per heavy atom. The highest BCUT2D eigenvalue weighted by molar-refractivity contribution is 5.96. The van der Waals surface area contributed by atoms with Crippen molar-refractivity contribution in [1.29, 1.82) is 5.26 Å². The second-order valence-electron chi connectivity index (χ2n) is 8.77. The predicted octanol–water partition coefficient (Wildman–Crippen LogP) is 3.62. The summed E-state index contributed by atoms with van der Waals surface area (Å²) in [5.41, 5.74) is 4.01. The number of carbonyl (C=O) groups is 2. The lowest BCUT2D eigenvalue weighted by atomic mass is 10.0. The summed E-state index contributed by atoms with van der Waals surface area (Å²) >= 11 is 0. The maximum Gasteiger partial charge on any atom is 0.270 e. The van der Waals surface area contributed by atoms with Crippen molar-refractivity contribution in [1.82, 2.24) is 20.0 Å². The SMILES string of the molecule is CCC(=O)N1CC[C@@H](NC(=O)c2c(C3CC3)c(-c3ccc(C#N)cc3)nn2C(C)C)C1. The molecule has 1 N–H and O–H groups in total. The van der Waals surface area contributed by atoms with E-state index in [1.165, 1.54) is 0 Å². The number of carbonyl (C=O) groups excluding carboxylic acids is 2. The van der Waals surface area contributed by atoms with E-state index in [4.69, 9.17) is 10.4 Å². The summed E-state index contributed by atoms with van der Waals surface area (Å²) in [6.45, 7) is 7.17. The van der Waals surface area contributed by atoms with Crippen LogP contribution in [0.2, 0.25) is 0 Å². The van der Waals surface area contributed by atoms with Crippen LogP contribution in [0.4, 0.5) is 0 Å². The van der Waals surface area contributed by atoms with E-state index in [1.807, 2.05) is 42.5 Å². The van der Waals surface area contributed by atoms with Crippen LogP contribution in [0.5, 0.6) is 0 Å². The molecule has 31 heavy (non-hydrogen) atoms. The van der Waals surface area contributed by atoms with Gasteiger partial charge in [-0.15, -0.1) is 0 Å². The first kappa shape index (κ1) is 21.1. The Labute approximate surface area is 183 Å². The van der Waals surface area contributed by atoms with Crippen LogP contribution in [0.1, 0.15) is 80.0 Å². The van der Waals surface area contributed by atoms with E-state index in [1.54, 1.807) is 12.1 Å². The van der Waals surface area contributed by atoms with E-state index in [2.05, 4.69) is 11.4 Å². The monoisotopic (exact) mass is 419 g/mol. The molecule has 2 fully saturated rings. The van der Waals surface area contributed by atoms with E-state index >= 15 is 0 Å². The quantitative estimate of drug-likeness (QED) is 0.774. The number of rotatable bonds is 6. The van der Waals surface area contributed by atoms with Gasteiger partial charge >= 0.3 is 0 Å². The minimum absolute atomic E-state index is 0.0344. The summed E-state index contributed by atoms with van der Waals surface area (Å²) in [6.07, 6.45) is 3.36. The van der Waals surface area contributed by atoms with Crippen LogP contribution in [0, 0.1) is 11.3 Å². The number of amides is 2. The Morgan fingerprint density at radius 3 is 2.52 bits per heavy atom. The Bertz CT molecular complexity index is 1030. The van der Waals surface area contributed by atoms with E-state index in [-0.39, 0.29) is 23.9 Å². The molecule has 1 aliphatic heterocycles. The van der Waals surface area contributed by atoms with Gasteiger partial charge in [0.1, 0.15) is 5.69 Å². The van der Waals surface area contributed by atoms with Crippen LogP contribution in [0.3, 0.4) is 0 Å². The molecule has 7 heteroatoms. The van der Waals surface area contributed by atoms with E-state index in [0.29, 0.717) is 36.7 Å². The third-order valence-electron chi connectivity index (χ3n) is 6.10. The van der Waals surface area contributed by atoms with E-state index in [0.717, 1.165) is 36.1 Å². The molecule has 1 aromatic carbocycles. The summed E-state index contributed by atoms with van der Waals surface area (Å²) < 4.78 is 1.83. The van der Waals surface area contributed by atoms with Crippen molar-refractivity contribution in [2.45, 2.75) is 64.5 Å². The first-order valence-corrected chi connectivity index (χ1v) is 11.1. The van der Waals surface area contributed by atoms with Gasteiger partial charge in [0.15, 0.2) is 0 Å². The normalized spacial score (nSPS) is 18.3. The van der Waals surface area contributed by atoms with Gasteiger partial charge < -0.3 is 10.2 Å². The molecule has 0 bridgehead atoms. The van der Waals surface area contributed by atoms with Crippen LogP contribution >= 0.6 is 0 Å². The maximum absolute atomic E-state index is 13.5. The number of aromatic nitrogens is 2. The highest BCUT2D eigenvalue weighted by atomic mass is 16.2. The summed E-state index contributed by atoms with van der Waals surface area (Å²) in [5, 5.41) is 17.1. The lowest BCUT2D eigenvalue weighted by Gasteiger charge is -2.18. The average Bonchev–Trinajstić information content (AvgIpc) is 3.36. The molecule has 0 spiro atoms. The van der Waals surface area contributed by atoms with Crippen molar-refractivity contribution < 1.29 is 9.59 Å². The standard InChI is InChI=1S/C24H29N5O2/c1-4-20(30)28-12-11-19(14-28)26-24(31)23-21(17-9-10-17)22(27-29(23)15(2)3)18-7-5-16(13-25)6-8-18/h5-8,15,17,19H,4,9-12,14H2,1-3H3,(H,26,31)/t19-/m1/s1. The van der Waals surface area contributed by atoms with Gasteiger partial charge in [0, 0.05) is 42.7 Å². The van der Waals surface area contributed by atoms with Crippen molar-refractivity contribution in [2.75, 3.05) is 13.1 Å². The van der Waals surface area contributed by atoms with Crippen molar-refractivity contribution >= 4 is 11.8 Å². The first-order chi connectivity index (χ1) is 14.9. The number of hydrogen-bond donors (Lipinski definition) is 1.